The van der Waals surface area contributed by atoms with E-state index >= 15 is 0 Å². The Kier molecular flexibility index (Phi) is 7.50. The molecule has 5 heterocycles. The second-order valence-corrected chi connectivity index (χ2v) is 9.79. The standard InChI is InChI=1S/C32H18N8.2Al.Cu.6H/c1-2-10-18-17(9-1)25-33-26(18)38-28-21-13-5-6-14-22(21)30(35-28)40-32-24-16-8-7-15-23(24)31(36-32)39-29-20-12-4-3-11-19(20)27(34-29)37-25;;;;;;;;;/h1-16H,(H2,33,34,35,36,37,38,39,40);;;;;;;;;. The van der Waals surface area contributed by atoms with Crippen molar-refractivity contribution in [1.29, 1.82) is 0 Å². The van der Waals surface area contributed by atoms with Crippen LogP contribution < -0.4 is 0 Å². The number of nitrogens with zero attached hydrogens (tertiary/aromatic N) is 6. The van der Waals surface area contributed by atoms with E-state index in [1.807, 2.05) is 97.1 Å². The van der Waals surface area contributed by atoms with E-state index in [0.29, 0.717) is 45.9 Å². The maximum Gasteiger partial charge on any atom is 0.187 e. The van der Waals surface area contributed by atoms with Crippen molar-refractivity contribution in [3.05, 3.63) is 97.1 Å². The molecule has 8 nitrogen and oxygen atoms in total. The Morgan fingerprint density at radius 2 is 0.558 bits per heavy atom. The summed E-state index contributed by atoms with van der Waals surface area (Å²) in [6.45, 7) is 0. The van der Waals surface area contributed by atoms with Gasteiger partial charge in [0.1, 0.15) is 22.6 Å². The van der Waals surface area contributed by atoms with Crippen LogP contribution in [-0.2, 0) is 17.1 Å². The Balaban J connectivity index is 0.00000110. The molecule has 2 N–H and O–H groups in total. The topological polar surface area (TPSA) is 109 Å². The van der Waals surface area contributed by atoms with Crippen molar-refractivity contribution >= 4 is 78.9 Å². The van der Waals surface area contributed by atoms with Crippen LogP contribution in [0, 0.1) is 0 Å². The second-order valence-electron chi connectivity index (χ2n) is 9.79. The smallest absolute Gasteiger partial charge is 0.187 e. The fourth-order valence-corrected chi connectivity index (χ4v) is 5.59. The van der Waals surface area contributed by atoms with Gasteiger partial charge in [-0.05, 0) is 0 Å². The Morgan fingerprint density at radius 1 is 0.326 bits per heavy atom. The van der Waals surface area contributed by atoms with Crippen LogP contribution in [0.4, 0.5) is 0 Å². The molecule has 8 bridgehead atoms. The van der Waals surface area contributed by atoms with Gasteiger partial charge in [-0.1, -0.05) is 97.1 Å². The summed E-state index contributed by atoms with van der Waals surface area (Å²) in [4.78, 5) is 36.8. The minimum absolute atomic E-state index is 0. The molecule has 3 aromatic heterocycles. The minimum atomic E-state index is 0. The maximum atomic E-state index is 5.02. The molecular formula is C32H24Al2CuN8. The Hall–Kier alpha value is -4.18. The Labute approximate surface area is 276 Å². The molecule has 2 aliphatic heterocycles. The first-order chi connectivity index (χ1) is 19.8. The quantitative estimate of drug-likeness (QED) is 0.237. The van der Waals surface area contributed by atoms with E-state index in [-0.39, 0.29) is 51.8 Å². The van der Waals surface area contributed by atoms with Gasteiger partial charge in [0.25, 0.3) is 0 Å². The fraction of sp³-hybridized carbons (Fsp3) is 0. The average Bonchev–Trinajstić information content (AvgIpc) is 3.73. The maximum absolute atomic E-state index is 5.02. The Bertz CT molecular complexity index is 2050. The van der Waals surface area contributed by atoms with E-state index in [0.717, 1.165) is 43.8 Å². The van der Waals surface area contributed by atoms with Gasteiger partial charge in [0.05, 0.1) is 0 Å². The number of aromatic nitrogens is 8. The zero-order valence-corrected chi connectivity index (χ0v) is 22.2. The first kappa shape index (κ1) is 28.9. The molecule has 9 rings (SSSR count). The van der Waals surface area contributed by atoms with Crippen molar-refractivity contribution in [3.63, 3.8) is 0 Å². The summed E-state index contributed by atoms with van der Waals surface area (Å²) < 4.78 is 0. The molecule has 4 aromatic carbocycles. The number of H-pyrrole nitrogens is 2. The zero-order chi connectivity index (χ0) is 26.2. The molecule has 1 radical (unpaired) electrons. The van der Waals surface area contributed by atoms with Gasteiger partial charge in [0.15, 0.2) is 58.0 Å². The van der Waals surface area contributed by atoms with Gasteiger partial charge in [-0.15, -0.1) is 0 Å². The van der Waals surface area contributed by atoms with Crippen molar-refractivity contribution < 1.29 is 17.1 Å². The molecule has 0 atom stereocenters. The molecule has 11 heteroatoms. The average molecular weight is 638 g/mol. The van der Waals surface area contributed by atoms with Crippen molar-refractivity contribution in [2.45, 2.75) is 0 Å². The van der Waals surface area contributed by atoms with Crippen LogP contribution in [0.2, 0.25) is 0 Å². The van der Waals surface area contributed by atoms with Crippen molar-refractivity contribution in [3.8, 4) is 45.6 Å². The van der Waals surface area contributed by atoms with Gasteiger partial charge in [0, 0.05) is 60.9 Å². The van der Waals surface area contributed by atoms with Gasteiger partial charge in [-0.3, -0.25) is 0 Å². The van der Waals surface area contributed by atoms with Crippen LogP contribution in [0.5, 0.6) is 0 Å². The first-order valence-corrected chi connectivity index (χ1v) is 13.0. The SMILES string of the molecule is [AlH3].[AlH3].[Cu].c1ccc2c(c1)-c1nc-2nc2[nH]c(nc3nc(nc4[nH]c(n1)c1ccccc41)-c1ccccc1-3)c1ccccc21. The summed E-state index contributed by atoms with van der Waals surface area (Å²) in [6, 6.07) is 32.2. The van der Waals surface area contributed by atoms with E-state index in [4.69, 9.17) is 29.9 Å². The molecule has 0 saturated carbocycles. The summed E-state index contributed by atoms with van der Waals surface area (Å²) in [7, 11) is 0. The summed E-state index contributed by atoms with van der Waals surface area (Å²) in [5.41, 5.74) is 6.45. The van der Waals surface area contributed by atoms with Gasteiger partial charge >= 0.3 is 0 Å². The normalized spacial score (nSPS) is 11.2. The van der Waals surface area contributed by atoms with Gasteiger partial charge in [-0.2, -0.15) is 0 Å². The third-order valence-corrected chi connectivity index (χ3v) is 7.46. The van der Waals surface area contributed by atoms with Crippen LogP contribution in [0.15, 0.2) is 97.1 Å². The number of rotatable bonds is 0. The zero-order valence-electron chi connectivity index (χ0n) is 21.2. The van der Waals surface area contributed by atoms with Gasteiger partial charge in [-0.25, -0.2) is 29.9 Å². The Morgan fingerprint density at radius 3 is 0.814 bits per heavy atom. The molecule has 0 aliphatic carbocycles. The largest absolute Gasteiger partial charge is 0.324 e. The summed E-state index contributed by atoms with van der Waals surface area (Å²) in [5, 5.41) is 3.82. The summed E-state index contributed by atoms with van der Waals surface area (Å²) in [6.07, 6.45) is 0. The van der Waals surface area contributed by atoms with Crippen LogP contribution >= 0.6 is 0 Å². The van der Waals surface area contributed by atoms with Gasteiger partial charge < -0.3 is 9.97 Å². The minimum Gasteiger partial charge on any atom is -0.324 e. The number of fused-ring (bicyclic) bond motifs is 20. The molecule has 0 spiro atoms. The van der Waals surface area contributed by atoms with Crippen LogP contribution in [0.3, 0.4) is 0 Å². The van der Waals surface area contributed by atoms with Crippen molar-refractivity contribution in [1.82, 2.24) is 39.9 Å². The first-order valence-electron chi connectivity index (χ1n) is 13.0. The van der Waals surface area contributed by atoms with Crippen molar-refractivity contribution in [2.24, 2.45) is 0 Å². The molecule has 0 amide bonds. The fourth-order valence-electron chi connectivity index (χ4n) is 5.59. The molecule has 43 heavy (non-hydrogen) atoms. The van der Waals surface area contributed by atoms with E-state index in [2.05, 4.69) is 9.97 Å². The van der Waals surface area contributed by atoms with Crippen molar-refractivity contribution in [2.75, 3.05) is 0 Å². The number of hydrogen-bond acceptors (Lipinski definition) is 6. The molecular weight excluding hydrogens is 614 g/mol. The number of hydrogen-bond donors (Lipinski definition) is 2. The monoisotopic (exact) mass is 637 g/mol. The van der Waals surface area contributed by atoms with Crippen LogP contribution in [-0.4, -0.2) is 74.6 Å². The number of aromatic amines is 2. The number of nitrogens with one attached hydrogen (secondary N) is 2. The molecule has 0 unspecified atom stereocenters. The van der Waals surface area contributed by atoms with Crippen LogP contribution in [0.25, 0.3) is 89.7 Å². The third kappa shape index (κ3) is 4.50. The molecule has 0 fully saturated rings. The third-order valence-electron chi connectivity index (χ3n) is 7.46. The van der Waals surface area contributed by atoms with E-state index in [9.17, 15) is 0 Å². The molecule has 2 aliphatic rings. The number of benzene rings is 4. The van der Waals surface area contributed by atoms with Crippen LogP contribution in [0.1, 0.15) is 0 Å². The van der Waals surface area contributed by atoms with E-state index in [1.54, 1.807) is 0 Å². The van der Waals surface area contributed by atoms with E-state index in [1.165, 1.54) is 0 Å². The molecule has 7 aromatic rings. The van der Waals surface area contributed by atoms with E-state index < -0.39 is 0 Å². The predicted molar refractivity (Wildman–Crippen MR) is 176 cm³/mol. The predicted octanol–water partition coefficient (Wildman–Crippen LogP) is 4.50. The summed E-state index contributed by atoms with van der Waals surface area (Å²) in [5.74, 6) is 2.39. The van der Waals surface area contributed by atoms with Gasteiger partial charge in [0.2, 0.25) is 0 Å². The summed E-state index contributed by atoms with van der Waals surface area (Å²) >= 11 is 0. The second kappa shape index (κ2) is 11.1. The molecule has 209 valence electrons. The molecule has 0 saturated heterocycles.